The summed E-state index contributed by atoms with van der Waals surface area (Å²) < 4.78 is 0. The highest BCUT2D eigenvalue weighted by molar-refractivity contribution is 6.33. The van der Waals surface area contributed by atoms with Crippen molar-refractivity contribution in [3.63, 3.8) is 0 Å². The zero-order valence-electron chi connectivity index (χ0n) is 11.1. The van der Waals surface area contributed by atoms with Crippen molar-refractivity contribution in [2.75, 3.05) is 36.7 Å². The van der Waals surface area contributed by atoms with Gasteiger partial charge in [0.2, 0.25) is 5.95 Å². The summed E-state index contributed by atoms with van der Waals surface area (Å²) in [5.41, 5.74) is 2.00. The topological polar surface area (TPSA) is 53.1 Å². The van der Waals surface area contributed by atoms with Crippen molar-refractivity contribution in [2.45, 2.75) is 0 Å². The van der Waals surface area contributed by atoms with Gasteiger partial charge in [-0.3, -0.25) is 0 Å². The Labute approximate surface area is 117 Å². The summed E-state index contributed by atoms with van der Waals surface area (Å²) in [6.45, 7) is 0. The lowest BCUT2D eigenvalue weighted by Crippen LogP contribution is -2.11. The smallest absolute Gasteiger partial charge is 0.224 e. The van der Waals surface area contributed by atoms with E-state index in [-0.39, 0.29) is 0 Å². The number of aromatic nitrogens is 2. The molecular weight excluding hydrogens is 262 g/mol. The number of halogens is 1. The minimum Gasteiger partial charge on any atom is -0.376 e. The van der Waals surface area contributed by atoms with Crippen LogP contribution in [0.1, 0.15) is 0 Å². The van der Waals surface area contributed by atoms with Crippen LogP contribution in [-0.4, -0.2) is 31.1 Å². The second-order valence-corrected chi connectivity index (χ2v) is 4.58. The number of rotatable bonds is 4. The molecule has 5 nitrogen and oxygen atoms in total. The van der Waals surface area contributed by atoms with Crippen LogP contribution in [0.3, 0.4) is 0 Å². The van der Waals surface area contributed by atoms with E-state index in [1.54, 1.807) is 13.2 Å². The van der Waals surface area contributed by atoms with Crippen LogP contribution in [-0.2, 0) is 0 Å². The number of hydrogen-bond acceptors (Lipinski definition) is 5. The average molecular weight is 278 g/mol. The molecule has 0 aliphatic rings. The molecule has 0 saturated heterocycles. The standard InChI is InChI=1S/C13H16ClN5/c1-15-13-16-8-9(14)12(18-13)17-10-6-4-5-7-11(10)19(2)3/h4-8H,1-3H3,(H2,15,16,17,18). The molecule has 0 spiro atoms. The van der Waals surface area contributed by atoms with Crippen molar-refractivity contribution in [3.8, 4) is 0 Å². The highest BCUT2D eigenvalue weighted by atomic mass is 35.5. The molecule has 6 heteroatoms. The molecule has 0 unspecified atom stereocenters. The van der Waals surface area contributed by atoms with Crippen molar-refractivity contribution in [1.82, 2.24) is 9.97 Å². The van der Waals surface area contributed by atoms with E-state index in [2.05, 4.69) is 20.6 Å². The van der Waals surface area contributed by atoms with Gasteiger partial charge < -0.3 is 15.5 Å². The first kappa shape index (κ1) is 13.4. The Morgan fingerprint density at radius 1 is 1.21 bits per heavy atom. The average Bonchev–Trinajstić information content (AvgIpc) is 2.41. The first-order valence-corrected chi connectivity index (χ1v) is 6.23. The fourth-order valence-corrected chi connectivity index (χ4v) is 1.81. The van der Waals surface area contributed by atoms with Gasteiger partial charge >= 0.3 is 0 Å². The molecule has 0 atom stereocenters. The van der Waals surface area contributed by atoms with Crippen molar-refractivity contribution < 1.29 is 0 Å². The summed E-state index contributed by atoms with van der Waals surface area (Å²) in [6, 6.07) is 7.95. The molecule has 1 aromatic heterocycles. The summed E-state index contributed by atoms with van der Waals surface area (Å²) in [5.74, 6) is 1.10. The van der Waals surface area contributed by atoms with Gasteiger partial charge in [-0.05, 0) is 12.1 Å². The SMILES string of the molecule is CNc1ncc(Cl)c(Nc2ccccc2N(C)C)n1. The van der Waals surface area contributed by atoms with Crippen LogP contribution in [0, 0.1) is 0 Å². The van der Waals surface area contributed by atoms with E-state index < -0.39 is 0 Å². The number of hydrogen-bond donors (Lipinski definition) is 2. The van der Waals surface area contributed by atoms with Crippen molar-refractivity contribution in [3.05, 3.63) is 35.5 Å². The molecule has 2 rings (SSSR count). The third-order valence-electron chi connectivity index (χ3n) is 2.61. The van der Waals surface area contributed by atoms with Crippen LogP contribution >= 0.6 is 11.6 Å². The van der Waals surface area contributed by atoms with Gasteiger partial charge in [-0.1, -0.05) is 23.7 Å². The summed E-state index contributed by atoms with van der Waals surface area (Å²) in [5, 5.41) is 6.60. The lowest BCUT2D eigenvalue weighted by Gasteiger charge is -2.18. The molecule has 19 heavy (non-hydrogen) atoms. The van der Waals surface area contributed by atoms with Crippen molar-refractivity contribution in [1.29, 1.82) is 0 Å². The van der Waals surface area contributed by atoms with E-state index in [4.69, 9.17) is 11.6 Å². The van der Waals surface area contributed by atoms with Gasteiger partial charge in [-0.15, -0.1) is 0 Å². The van der Waals surface area contributed by atoms with Crippen LogP contribution in [0.5, 0.6) is 0 Å². The van der Waals surface area contributed by atoms with Gasteiger partial charge in [-0.2, -0.15) is 4.98 Å². The zero-order chi connectivity index (χ0) is 13.8. The minimum atomic E-state index is 0.479. The van der Waals surface area contributed by atoms with Crippen LogP contribution in [0.2, 0.25) is 5.02 Å². The van der Waals surface area contributed by atoms with Crippen LogP contribution in [0.15, 0.2) is 30.5 Å². The monoisotopic (exact) mass is 277 g/mol. The molecule has 0 aliphatic carbocycles. The normalized spacial score (nSPS) is 10.1. The molecule has 2 N–H and O–H groups in total. The Morgan fingerprint density at radius 3 is 2.63 bits per heavy atom. The van der Waals surface area contributed by atoms with Crippen LogP contribution in [0.25, 0.3) is 0 Å². The van der Waals surface area contributed by atoms with E-state index in [1.807, 2.05) is 43.3 Å². The second kappa shape index (κ2) is 5.75. The van der Waals surface area contributed by atoms with E-state index in [9.17, 15) is 0 Å². The number of para-hydroxylation sites is 2. The highest BCUT2D eigenvalue weighted by Gasteiger charge is 2.08. The third-order valence-corrected chi connectivity index (χ3v) is 2.88. The molecule has 0 radical (unpaired) electrons. The maximum absolute atomic E-state index is 6.11. The Kier molecular flexibility index (Phi) is 4.06. The van der Waals surface area contributed by atoms with Gasteiger partial charge in [-0.25, -0.2) is 4.98 Å². The Morgan fingerprint density at radius 2 is 1.95 bits per heavy atom. The fraction of sp³-hybridized carbons (Fsp3) is 0.231. The predicted molar refractivity (Wildman–Crippen MR) is 80.6 cm³/mol. The molecule has 0 fully saturated rings. The maximum Gasteiger partial charge on any atom is 0.224 e. The first-order chi connectivity index (χ1) is 9.11. The highest BCUT2D eigenvalue weighted by Crippen LogP contribution is 2.29. The number of nitrogens with one attached hydrogen (secondary N) is 2. The van der Waals surface area contributed by atoms with Gasteiger partial charge in [0, 0.05) is 21.1 Å². The van der Waals surface area contributed by atoms with Gasteiger partial charge in [0.15, 0.2) is 5.82 Å². The van der Waals surface area contributed by atoms with E-state index in [0.717, 1.165) is 11.4 Å². The summed E-state index contributed by atoms with van der Waals surface area (Å²) >= 11 is 6.11. The quantitative estimate of drug-likeness (QED) is 0.900. The second-order valence-electron chi connectivity index (χ2n) is 4.18. The van der Waals surface area contributed by atoms with Gasteiger partial charge in [0.1, 0.15) is 5.02 Å². The molecule has 0 bridgehead atoms. The van der Waals surface area contributed by atoms with Gasteiger partial charge in [0.05, 0.1) is 17.6 Å². The number of anilines is 4. The van der Waals surface area contributed by atoms with Gasteiger partial charge in [0.25, 0.3) is 0 Å². The minimum absolute atomic E-state index is 0.479. The molecule has 1 aromatic carbocycles. The summed E-state index contributed by atoms with van der Waals surface area (Å²) in [6.07, 6.45) is 1.57. The Hall–Kier alpha value is -2.01. The molecule has 100 valence electrons. The molecular formula is C13H16ClN5. The fourth-order valence-electron chi connectivity index (χ4n) is 1.67. The lowest BCUT2D eigenvalue weighted by atomic mass is 10.2. The zero-order valence-corrected chi connectivity index (χ0v) is 11.9. The first-order valence-electron chi connectivity index (χ1n) is 5.85. The largest absolute Gasteiger partial charge is 0.376 e. The third kappa shape index (κ3) is 3.06. The van der Waals surface area contributed by atoms with Crippen LogP contribution in [0.4, 0.5) is 23.1 Å². The molecule has 0 saturated carbocycles. The molecule has 2 aromatic rings. The van der Waals surface area contributed by atoms with E-state index >= 15 is 0 Å². The Balaban J connectivity index is 2.36. The molecule has 1 heterocycles. The van der Waals surface area contributed by atoms with Crippen molar-refractivity contribution >= 4 is 34.7 Å². The summed E-state index contributed by atoms with van der Waals surface area (Å²) in [4.78, 5) is 10.4. The van der Waals surface area contributed by atoms with Crippen LogP contribution < -0.4 is 15.5 Å². The van der Waals surface area contributed by atoms with E-state index in [1.165, 1.54) is 0 Å². The lowest BCUT2D eigenvalue weighted by molar-refractivity contribution is 1.12. The number of nitrogens with zero attached hydrogens (tertiary/aromatic N) is 3. The summed E-state index contributed by atoms with van der Waals surface area (Å²) in [7, 11) is 5.74. The maximum atomic E-state index is 6.11. The van der Waals surface area contributed by atoms with E-state index in [0.29, 0.717) is 16.8 Å². The molecule has 0 aliphatic heterocycles. The predicted octanol–water partition coefficient (Wildman–Crippen LogP) is 2.98. The Bertz CT molecular complexity index is 571. The number of benzene rings is 1. The molecule has 0 amide bonds. The van der Waals surface area contributed by atoms with Crippen molar-refractivity contribution in [2.24, 2.45) is 0 Å².